The lowest BCUT2D eigenvalue weighted by molar-refractivity contribution is 0.0934. The van der Waals surface area contributed by atoms with Gasteiger partial charge in [-0.25, -0.2) is 4.98 Å². The number of aromatic nitrogens is 3. The quantitative estimate of drug-likeness (QED) is 0.902. The van der Waals surface area contributed by atoms with E-state index < -0.39 is 0 Å². The van der Waals surface area contributed by atoms with Crippen LogP contribution in [0.25, 0.3) is 0 Å². The zero-order valence-corrected chi connectivity index (χ0v) is 12.8. The van der Waals surface area contributed by atoms with Crippen LogP contribution in [0.1, 0.15) is 40.8 Å². The summed E-state index contributed by atoms with van der Waals surface area (Å²) in [4.78, 5) is 16.5. The summed E-state index contributed by atoms with van der Waals surface area (Å²) in [6.45, 7) is 4.64. The van der Waals surface area contributed by atoms with Crippen molar-refractivity contribution in [3.63, 3.8) is 0 Å². The zero-order valence-electron chi connectivity index (χ0n) is 12.8. The molecule has 0 spiro atoms. The number of hydrogen-bond donors (Lipinski definition) is 2. The SMILES string of the molecule is Cc1cc(CC(C)NC(=O)c2cc3c(cn2)OCCC3)n[nH]1. The van der Waals surface area contributed by atoms with Crippen LogP contribution >= 0.6 is 0 Å². The maximum Gasteiger partial charge on any atom is 0.270 e. The van der Waals surface area contributed by atoms with Gasteiger partial charge in [0.05, 0.1) is 18.5 Å². The third-order valence-corrected chi connectivity index (χ3v) is 3.68. The largest absolute Gasteiger partial charge is 0.492 e. The molecule has 0 fully saturated rings. The van der Waals surface area contributed by atoms with E-state index in [2.05, 4.69) is 20.5 Å². The average Bonchev–Trinajstić information content (AvgIpc) is 2.91. The third kappa shape index (κ3) is 3.27. The molecule has 2 N–H and O–H groups in total. The summed E-state index contributed by atoms with van der Waals surface area (Å²) in [7, 11) is 0. The van der Waals surface area contributed by atoms with Gasteiger partial charge < -0.3 is 10.1 Å². The maximum atomic E-state index is 12.3. The first-order chi connectivity index (χ1) is 10.6. The summed E-state index contributed by atoms with van der Waals surface area (Å²) >= 11 is 0. The van der Waals surface area contributed by atoms with Crippen molar-refractivity contribution in [3.05, 3.63) is 41.0 Å². The van der Waals surface area contributed by atoms with Crippen molar-refractivity contribution in [2.45, 2.75) is 39.2 Å². The molecule has 1 unspecified atom stereocenters. The predicted octanol–water partition coefficient (Wildman–Crippen LogP) is 1.80. The number of aryl methyl sites for hydroxylation is 2. The van der Waals surface area contributed by atoms with Crippen LogP contribution in [0.5, 0.6) is 5.75 Å². The Kier molecular flexibility index (Phi) is 4.09. The topological polar surface area (TPSA) is 79.9 Å². The van der Waals surface area contributed by atoms with Crippen LogP contribution in [0, 0.1) is 6.92 Å². The van der Waals surface area contributed by atoms with Gasteiger partial charge in [-0.15, -0.1) is 0 Å². The molecule has 1 aliphatic rings. The molecule has 6 nitrogen and oxygen atoms in total. The van der Waals surface area contributed by atoms with E-state index in [1.54, 1.807) is 6.20 Å². The maximum absolute atomic E-state index is 12.3. The zero-order chi connectivity index (χ0) is 15.5. The second-order valence-electron chi connectivity index (χ2n) is 5.75. The summed E-state index contributed by atoms with van der Waals surface area (Å²) in [6, 6.07) is 3.80. The number of carbonyl (C=O) groups is 1. The lowest BCUT2D eigenvalue weighted by Gasteiger charge is -2.17. The minimum absolute atomic E-state index is 0.00992. The molecule has 0 aromatic carbocycles. The first-order valence-corrected chi connectivity index (χ1v) is 7.55. The van der Waals surface area contributed by atoms with Gasteiger partial charge in [-0.05, 0) is 44.4 Å². The second kappa shape index (κ2) is 6.17. The van der Waals surface area contributed by atoms with E-state index in [9.17, 15) is 4.79 Å². The summed E-state index contributed by atoms with van der Waals surface area (Å²) in [5.41, 5.74) is 3.46. The van der Waals surface area contributed by atoms with Gasteiger partial charge in [0.25, 0.3) is 5.91 Å². The molecular formula is C16H20N4O2. The molecule has 0 saturated carbocycles. The van der Waals surface area contributed by atoms with Crippen LogP contribution in [0.3, 0.4) is 0 Å². The van der Waals surface area contributed by atoms with Crippen molar-refractivity contribution in [1.29, 1.82) is 0 Å². The Balaban J connectivity index is 1.63. The highest BCUT2D eigenvalue weighted by atomic mass is 16.5. The number of aromatic amines is 1. The third-order valence-electron chi connectivity index (χ3n) is 3.68. The van der Waals surface area contributed by atoms with E-state index in [1.165, 1.54) is 0 Å². The average molecular weight is 300 g/mol. The number of H-pyrrole nitrogens is 1. The Morgan fingerprint density at radius 1 is 1.50 bits per heavy atom. The lowest BCUT2D eigenvalue weighted by atomic mass is 10.1. The number of rotatable bonds is 4. The van der Waals surface area contributed by atoms with Crippen molar-refractivity contribution in [1.82, 2.24) is 20.5 Å². The van der Waals surface area contributed by atoms with Crippen molar-refractivity contribution in [2.75, 3.05) is 6.61 Å². The molecule has 0 saturated heterocycles. The van der Waals surface area contributed by atoms with Crippen LogP contribution in [-0.4, -0.2) is 33.7 Å². The van der Waals surface area contributed by atoms with Gasteiger partial charge in [-0.2, -0.15) is 5.10 Å². The molecule has 0 bridgehead atoms. The molecule has 0 aliphatic carbocycles. The Morgan fingerprint density at radius 3 is 3.14 bits per heavy atom. The lowest BCUT2D eigenvalue weighted by Crippen LogP contribution is -2.34. The van der Waals surface area contributed by atoms with E-state index >= 15 is 0 Å². The molecule has 3 heterocycles. The Hall–Kier alpha value is -2.37. The van der Waals surface area contributed by atoms with Gasteiger partial charge in [-0.1, -0.05) is 0 Å². The minimum atomic E-state index is -0.159. The van der Waals surface area contributed by atoms with Crippen LogP contribution in [0.4, 0.5) is 0 Å². The van der Waals surface area contributed by atoms with Crippen molar-refractivity contribution in [3.8, 4) is 5.75 Å². The van der Waals surface area contributed by atoms with Crippen molar-refractivity contribution < 1.29 is 9.53 Å². The number of pyridine rings is 1. The monoisotopic (exact) mass is 300 g/mol. The smallest absolute Gasteiger partial charge is 0.270 e. The summed E-state index contributed by atoms with van der Waals surface area (Å²) in [5, 5.41) is 10.1. The van der Waals surface area contributed by atoms with Crippen LogP contribution in [0.15, 0.2) is 18.3 Å². The highest BCUT2D eigenvalue weighted by Crippen LogP contribution is 2.23. The van der Waals surface area contributed by atoms with Gasteiger partial charge in [0, 0.05) is 18.2 Å². The number of hydrogen-bond acceptors (Lipinski definition) is 4. The van der Waals surface area contributed by atoms with Crippen LogP contribution < -0.4 is 10.1 Å². The van der Waals surface area contributed by atoms with Crippen molar-refractivity contribution >= 4 is 5.91 Å². The van der Waals surface area contributed by atoms with E-state index in [4.69, 9.17) is 4.74 Å². The molecule has 6 heteroatoms. The van der Waals surface area contributed by atoms with Gasteiger partial charge in [0.15, 0.2) is 0 Å². The molecular weight excluding hydrogens is 280 g/mol. The first kappa shape index (κ1) is 14.6. The highest BCUT2D eigenvalue weighted by Gasteiger charge is 2.17. The molecule has 116 valence electrons. The summed E-state index contributed by atoms with van der Waals surface area (Å²) in [6.07, 6.45) is 4.24. The fraction of sp³-hybridized carbons (Fsp3) is 0.438. The standard InChI is InChI=1S/C16H20N4O2/c1-10(6-13-7-11(2)19-20-13)18-16(21)14-8-12-4-3-5-22-15(12)9-17-14/h7-10H,3-6H2,1-2H3,(H,18,21)(H,19,20). The normalized spacial score (nSPS) is 14.8. The Labute approximate surface area is 129 Å². The number of carbonyl (C=O) groups excluding carboxylic acids is 1. The van der Waals surface area contributed by atoms with Gasteiger partial charge in [0.1, 0.15) is 11.4 Å². The highest BCUT2D eigenvalue weighted by molar-refractivity contribution is 5.92. The van der Waals surface area contributed by atoms with E-state index in [1.807, 2.05) is 26.0 Å². The molecule has 22 heavy (non-hydrogen) atoms. The number of nitrogens with one attached hydrogen (secondary N) is 2. The number of fused-ring (bicyclic) bond motifs is 1. The second-order valence-corrected chi connectivity index (χ2v) is 5.75. The van der Waals surface area contributed by atoms with Gasteiger partial charge in [0.2, 0.25) is 0 Å². The number of ether oxygens (including phenoxy) is 1. The summed E-state index contributed by atoms with van der Waals surface area (Å²) < 4.78 is 5.51. The van der Waals surface area contributed by atoms with E-state index in [0.29, 0.717) is 12.1 Å². The number of nitrogens with zero attached hydrogens (tertiary/aromatic N) is 2. The first-order valence-electron chi connectivity index (χ1n) is 7.55. The molecule has 1 aliphatic heterocycles. The fourth-order valence-corrected chi connectivity index (χ4v) is 2.62. The molecule has 2 aromatic rings. The molecule has 1 amide bonds. The van der Waals surface area contributed by atoms with E-state index in [0.717, 1.165) is 42.1 Å². The Bertz CT molecular complexity index is 681. The van der Waals surface area contributed by atoms with Crippen LogP contribution in [-0.2, 0) is 12.8 Å². The van der Waals surface area contributed by atoms with Crippen LogP contribution in [0.2, 0.25) is 0 Å². The molecule has 0 radical (unpaired) electrons. The fourth-order valence-electron chi connectivity index (χ4n) is 2.62. The van der Waals surface area contributed by atoms with E-state index in [-0.39, 0.29) is 11.9 Å². The van der Waals surface area contributed by atoms with Crippen molar-refractivity contribution in [2.24, 2.45) is 0 Å². The van der Waals surface area contributed by atoms with Gasteiger partial charge >= 0.3 is 0 Å². The summed E-state index contributed by atoms with van der Waals surface area (Å²) in [5.74, 6) is 0.635. The Morgan fingerprint density at radius 2 is 2.36 bits per heavy atom. The number of amides is 1. The molecule has 1 atom stereocenters. The van der Waals surface area contributed by atoms with Gasteiger partial charge in [-0.3, -0.25) is 9.89 Å². The molecule has 2 aromatic heterocycles. The minimum Gasteiger partial charge on any atom is -0.492 e. The predicted molar refractivity (Wildman–Crippen MR) is 82.0 cm³/mol. The molecule has 3 rings (SSSR count).